The second-order valence-corrected chi connectivity index (χ2v) is 4.28. The first-order chi connectivity index (χ1) is 6.79. The number of hydrogen-bond acceptors (Lipinski definition) is 2. The van der Waals surface area contributed by atoms with Crippen LogP contribution in [0.3, 0.4) is 0 Å². The summed E-state index contributed by atoms with van der Waals surface area (Å²) in [5.41, 5.74) is 0.983. The van der Waals surface area contributed by atoms with E-state index in [0.29, 0.717) is 5.92 Å². The van der Waals surface area contributed by atoms with Crippen LogP contribution in [-0.2, 0) is 0 Å². The third-order valence-electron chi connectivity index (χ3n) is 3.31. The highest BCUT2D eigenvalue weighted by atomic mass is 16.3. The van der Waals surface area contributed by atoms with Gasteiger partial charge in [0.1, 0.15) is 5.76 Å². The third-order valence-corrected chi connectivity index (χ3v) is 3.31. The van der Waals surface area contributed by atoms with Crippen molar-refractivity contribution in [2.75, 3.05) is 0 Å². The van der Waals surface area contributed by atoms with E-state index in [9.17, 15) is 5.11 Å². The van der Waals surface area contributed by atoms with E-state index in [1.807, 2.05) is 13.0 Å². The van der Waals surface area contributed by atoms with Gasteiger partial charge in [0, 0.05) is 5.56 Å². The lowest BCUT2D eigenvalue weighted by molar-refractivity contribution is 0.0835. The van der Waals surface area contributed by atoms with E-state index in [1.165, 1.54) is 19.3 Å². The second kappa shape index (κ2) is 4.18. The summed E-state index contributed by atoms with van der Waals surface area (Å²) in [5.74, 6) is 1.31. The van der Waals surface area contributed by atoms with Gasteiger partial charge in [-0.05, 0) is 31.7 Å². The molecule has 1 N–H and O–H groups in total. The molecule has 0 aromatic carbocycles. The fourth-order valence-electron chi connectivity index (χ4n) is 2.41. The zero-order chi connectivity index (χ0) is 9.97. The molecule has 0 bridgehead atoms. The molecule has 1 atom stereocenters. The molecule has 1 fully saturated rings. The average Bonchev–Trinajstić information content (AvgIpc) is 2.65. The van der Waals surface area contributed by atoms with Gasteiger partial charge in [0.15, 0.2) is 0 Å². The Balaban J connectivity index is 2.07. The van der Waals surface area contributed by atoms with Crippen molar-refractivity contribution in [2.45, 2.75) is 45.1 Å². The molecule has 1 aliphatic carbocycles. The van der Waals surface area contributed by atoms with Crippen LogP contribution in [0, 0.1) is 12.8 Å². The number of aryl methyl sites for hydroxylation is 1. The first kappa shape index (κ1) is 9.78. The molecule has 1 heterocycles. The molecule has 1 aliphatic rings. The minimum atomic E-state index is -0.311. The van der Waals surface area contributed by atoms with Gasteiger partial charge in [-0.25, -0.2) is 0 Å². The molecule has 1 aromatic heterocycles. The number of furan rings is 1. The number of rotatable bonds is 2. The highest BCUT2D eigenvalue weighted by Gasteiger charge is 2.24. The predicted molar refractivity (Wildman–Crippen MR) is 55.0 cm³/mol. The summed E-state index contributed by atoms with van der Waals surface area (Å²) in [6, 6.07) is 1.90. The highest BCUT2D eigenvalue weighted by molar-refractivity contribution is 5.19. The van der Waals surface area contributed by atoms with E-state index in [4.69, 9.17) is 4.42 Å². The summed E-state index contributed by atoms with van der Waals surface area (Å²) in [4.78, 5) is 0. The predicted octanol–water partition coefficient (Wildman–Crippen LogP) is 3.20. The van der Waals surface area contributed by atoms with E-state index in [2.05, 4.69) is 0 Å². The van der Waals surface area contributed by atoms with Crippen molar-refractivity contribution >= 4 is 0 Å². The van der Waals surface area contributed by atoms with Crippen LogP contribution < -0.4 is 0 Å². The molecule has 14 heavy (non-hydrogen) atoms. The summed E-state index contributed by atoms with van der Waals surface area (Å²) in [7, 11) is 0. The lowest BCUT2D eigenvalue weighted by atomic mass is 9.83. The molecule has 1 saturated carbocycles. The van der Waals surface area contributed by atoms with E-state index < -0.39 is 0 Å². The van der Waals surface area contributed by atoms with Gasteiger partial charge in [-0.15, -0.1) is 0 Å². The molecule has 2 nitrogen and oxygen atoms in total. The van der Waals surface area contributed by atoms with Crippen molar-refractivity contribution in [3.8, 4) is 0 Å². The largest absolute Gasteiger partial charge is 0.469 e. The maximum Gasteiger partial charge on any atom is 0.106 e. The van der Waals surface area contributed by atoms with Gasteiger partial charge in [-0.3, -0.25) is 0 Å². The van der Waals surface area contributed by atoms with E-state index in [0.717, 1.165) is 24.2 Å². The highest BCUT2D eigenvalue weighted by Crippen LogP contribution is 2.35. The van der Waals surface area contributed by atoms with Gasteiger partial charge in [-0.1, -0.05) is 19.3 Å². The average molecular weight is 194 g/mol. The van der Waals surface area contributed by atoms with Crippen LogP contribution in [-0.4, -0.2) is 5.11 Å². The monoisotopic (exact) mass is 194 g/mol. The Hall–Kier alpha value is -0.760. The van der Waals surface area contributed by atoms with Crippen LogP contribution in [0.1, 0.15) is 49.5 Å². The summed E-state index contributed by atoms with van der Waals surface area (Å²) in [5, 5.41) is 10.2. The van der Waals surface area contributed by atoms with Crippen LogP contribution in [0.5, 0.6) is 0 Å². The molecule has 0 saturated heterocycles. The Morgan fingerprint density at radius 2 is 2.07 bits per heavy atom. The van der Waals surface area contributed by atoms with Gasteiger partial charge in [0.25, 0.3) is 0 Å². The molecule has 0 spiro atoms. The van der Waals surface area contributed by atoms with Gasteiger partial charge in [0.05, 0.1) is 12.4 Å². The Morgan fingerprint density at radius 1 is 1.36 bits per heavy atom. The molecule has 2 rings (SSSR count). The fraction of sp³-hybridized carbons (Fsp3) is 0.667. The first-order valence-electron chi connectivity index (χ1n) is 5.51. The maximum atomic E-state index is 10.2. The zero-order valence-corrected chi connectivity index (χ0v) is 8.70. The van der Waals surface area contributed by atoms with Gasteiger partial charge >= 0.3 is 0 Å². The lowest BCUT2D eigenvalue weighted by Gasteiger charge is -2.26. The Labute approximate surface area is 84.9 Å². The van der Waals surface area contributed by atoms with Gasteiger partial charge in [-0.2, -0.15) is 0 Å². The normalized spacial score (nSPS) is 21.0. The van der Waals surface area contributed by atoms with Crippen LogP contribution in [0.25, 0.3) is 0 Å². The van der Waals surface area contributed by atoms with Crippen molar-refractivity contribution in [2.24, 2.45) is 5.92 Å². The number of aliphatic hydroxyl groups is 1. The Kier molecular flexibility index (Phi) is 2.92. The van der Waals surface area contributed by atoms with E-state index in [-0.39, 0.29) is 6.10 Å². The second-order valence-electron chi connectivity index (χ2n) is 4.28. The van der Waals surface area contributed by atoms with Crippen LogP contribution in [0.15, 0.2) is 16.7 Å². The van der Waals surface area contributed by atoms with Crippen molar-refractivity contribution in [1.29, 1.82) is 0 Å². The minimum absolute atomic E-state index is 0.311. The van der Waals surface area contributed by atoms with E-state index >= 15 is 0 Å². The number of hydrogen-bond donors (Lipinski definition) is 1. The molecule has 1 unspecified atom stereocenters. The number of aliphatic hydroxyl groups excluding tert-OH is 1. The van der Waals surface area contributed by atoms with E-state index in [1.54, 1.807) is 6.26 Å². The Bertz CT molecular complexity index is 284. The Morgan fingerprint density at radius 3 is 2.64 bits per heavy atom. The summed E-state index contributed by atoms with van der Waals surface area (Å²) < 4.78 is 5.22. The molecule has 78 valence electrons. The van der Waals surface area contributed by atoms with Gasteiger partial charge in [0.2, 0.25) is 0 Å². The molecule has 0 radical (unpaired) electrons. The lowest BCUT2D eigenvalue weighted by Crippen LogP contribution is -2.16. The molecule has 1 aromatic rings. The SMILES string of the molecule is Cc1occc1C(O)C1CCCCC1. The summed E-state index contributed by atoms with van der Waals surface area (Å²) in [6.45, 7) is 1.92. The zero-order valence-electron chi connectivity index (χ0n) is 8.70. The molecular formula is C12H18O2. The quantitative estimate of drug-likeness (QED) is 0.784. The van der Waals surface area contributed by atoms with Crippen molar-refractivity contribution < 1.29 is 9.52 Å². The molecule has 0 amide bonds. The van der Waals surface area contributed by atoms with Crippen molar-refractivity contribution in [3.05, 3.63) is 23.7 Å². The topological polar surface area (TPSA) is 33.4 Å². The summed E-state index contributed by atoms with van der Waals surface area (Å²) >= 11 is 0. The van der Waals surface area contributed by atoms with Crippen LogP contribution in [0.2, 0.25) is 0 Å². The molecule has 2 heteroatoms. The standard InChI is InChI=1S/C12H18O2/c1-9-11(7-8-14-9)12(13)10-5-3-2-4-6-10/h7-8,10,12-13H,2-6H2,1H3. The van der Waals surface area contributed by atoms with Crippen LogP contribution in [0.4, 0.5) is 0 Å². The fourth-order valence-corrected chi connectivity index (χ4v) is 2.41. The molecule has 0 aliphatic heterocycles. The van der Waals surface area contributed by atoms with Crippen LogP contribution >= 0.6 is 0 Å². The van der Waals surface area contributed by atoms with Crippen molar-refractivity contribution in [3.63, 3.8) is 0 Å². The maximum absolute atomic E-state index is 10.2. The molecular weight excluding hydrogens is 176 g/mol. The first-order valence-corrected chi connectivity index (χ1v) is 5.51. The van der Waals surface area contributed by atoms with Crippen molar-refractivity contribution in [1.82, 2.24) is 0 Å². The van der Waals surface area contributed by atoms with Gasteiger partial charge < -0.3 is 9.52 Å². The summed E-state index contributed by atoms with van der Waals surface area (Å²) in [6.07, 6.45) is 7.52. The minimum Gasteiger partial charge on any atom is -0.469 e. The third kappa shape index (κ3) is 1.85. The smallest absolute Gasteiger partial charge is 0.106 e.